The molecule has 2 amide bonds. The average Bonchev–Trinajstić information content (AvgIpc) is 2.48. The Morgan fingerprint density at radius 3 is 1.68 bits per heavy atom. The van der Waals surface area contributed by atoms with E-state index in [9.17, 15) is 9.59 Å². The van der Waals surface area contributed by atoms with Gasteiger partial charge in [0.1, 0.15) is 12.3 Å². The molecule has 0 aromatic carbocycles. The van der Waals surface area contributed by atoms with Crippen LogP contribution in [0.15, 0.2) is 0 Å². The molecule has 0 aliphatic carbocycles. The van der Waals surface area contributed by atoms with Gasteiger partial charge in [-0.15, -0.1) is 0 Å². The molecule has 0 aromatic rings. The molecule has 0 aliphatic heterocycles. The summed E-state index contributed by atoms with van der Waals surface area (Å²) in [5.74, 6) is -1.04. The molecule has 0 saturated heterocycles. The van der Waals surface area contributed by atoms with E-state index in [1.807, 2.05) is 13.8 Å². The number of hydrogen-bond acceptors (Lipinski definition) is 5. The van der Waals surface area contributed by atoms with Crippen LogP contribution in [0.1, 0.15) is 41.5 Å². The highest BCUT2D eigenvalue weighted by molar-refractivity contribution is 5.86. The molecule has 1 unspecified atom stereocenters. The monoisotopic (exact) mass is 362 g/mol. The van der Waals surface area contributed by atoms with Gasteiger partial charge in [0.25, 0.3) is 5.97 Å². The van der Waals surface area contributed by atoms with Gasteiger partial charge in [0.05, 0.1) is 0 Å². The van der Waals surface area contributed by atoms with Crippen molar-refractivity contribution in [1.29, 1.82) is 0 Å². The van der Waals surface area contributed by atoms with E-state index >= 15 is 0 Å². The third-order valence-electron chi connectivity index (χ3n) is 1.84. The first kappa shape index (κ1) is 34.0. The maximum atomic E-state index is 11.1. The highest BCUT2D eigenvalue weighted by atomic mass is 16.4. The van der Waals surface area contributed by atoms with Crippen LogP contribution < -0.4 is 11.1 Å². The minimum absolute atomic E-state index is 0.0754. The molecule has 1 atom stereocenters. The van der Waals surface area contributed by atoms with Crippen molar-refractivity contribution in [3.8, 4) is 0 Å². The topological polar surface area (TPSA) is 134 Å². The van der Waals surface area contributed by atoms with Crippen molar-refractivity contribution in [3.05, 3.63) is 11.4 Å². The lowest BCUT2D eigenvalue weighted by Crippen LogP contribution is -2.46. The smallest absolute Gasteiger partial charge is 0.300 e. The van der Waals surface area contributed by atoms with Gasteiger partial charge in [-0.3, -0.25) is 14.4 Å². The SMILES string of the molecule is CC(=O)O.CC=O.CCN.CCN(C(C)=O)C(C)C(=O)NC.[C-]#[N+]C. The second-order valence-corrected chi connectivity index (χ2v) is 3.98. The molecule has 0 bridgehead atoms. The van der Waals surface area contributed by atoms with E-state index in [0.29, 0.717) is 6.54 Å². The molecule has 0 rings (SSSR count). The summed E-state index contributed by atoms with van der Waals surface area (Å²) in [6.07, 6.45) is 0.750. The zero-order chi connectivity index (χ0) is 21.4. The summed E-state index contributed by atoms with van der Waals surface area (Å²) in [7, 11) is 2.98. The second-order valence-electron chi connectivity index (χ2n) is 3.98. The van der Waals surface area contributed by atoms with Crippen LogP contribution in [0.2, 0.25) is 0 Å². The number of carbonyl (C=O) groups excluding carboxylic acids is 3. The Kier molecular flexibility index (Phi) is 40.1. The Hall–Kier alpha value is -2.47. The standard InChI is InChI=1S/C8H16N2O2.C2H3N.C2H7N.C2H4O2.C2H4O/c1-5-10(7(3)11)6(2)8(12)9-4;1-3-2;1-2-3;1-2(3)4;1-2-3/h6H,5H2,1-4H3,(H,9,12);1H3;2-3H2,1H3;1H3,(H,3,4);2H,1H3. The zero-order valence-electron chi connectivity index (χ0n) is 16.6. The molecule has 25 heavy (non-hydrogen) atoms. The lowest BCUT2D eigenvalue weighted by molar-refractivity contribution is -0.137. The maximum Gasteiger partial charge on any atom is 0.300 e. The highest BCUT2D eigenvalue weighted by Gasteiger charge is 2.20. The Bertz CT molecular complexity index is 377. The molecule has 9 nitrogen and oxygen atoms in total. The predicted molar refractivity (Wildman–Crippen MR) is 98.9 cm³/mol. The predicted octanol–water partition coefficient (Wildman–Crippen LogP) is 0.786. The van der Waals surface area contributed by atoms with Crippen LogP contribution in [0.3, 0.4) is 0 Å². The number of aldehydes is 1. The van der Waals surface area contributed by atoms with Crippen molar-refractivity contribution < 1.29 is 24.3 Å². The van der Waals surface area contributed by atoms with Crippen molar-refractivity contribution in [2.45, 2.75) is 47.6 Å². The molecule has 0 fully saturated rings. The van der Waals surface area contributed by atoms with Gasteiger partial charge in [-0.25, -0.2) is 6.57 Å². The molecular weight excluding hydrogens is 328 g/mol. The number of nitrogens with one attached hydrogen (secondary N) is 1. The first-order chi connectivity index (χ1) is 11.5. The number of carboxylic acids is 1. The molecule has 0 spiro atoms. The van der Waals surface area contributed by atoms with Gasteiger partial charge in [-0.2, -0.15) is 0 Å². The minimum atomic E-state index is -0.833. The Balaban J connectivity index is -0.0000000841. The number of aliphatic carboxylic acids is 1. The van der Waals surface area contributed by atoms with Gasteiger partial charge < -0.3 is 30.7 Å². The highest BCUT2D eigenvalue weighted by Crippen LogP contribution is 1.98. The number of nitrogens with zero attached hydrogens (tertiary/aromatic N) is 2. The van der Waals surface area contributed by atoms with Crippen LogP contribution >= 0.6 is 0 Å². The lowest BCUT2D eigenvalue weighted by atomic mass is 10.2. The van der Waals surface area contributed by atoms with Crippen LogP contribution in [0.5, 0.6) is 0 Å². The number of amides is 2. The number of carboxylic acid groups (broad SMARTS) is 1. The summed E-state index contributed by atoms with van der Waals surface area (Å²) >= 11 is 0. The molecule has 148 valence electrons. The summed E-state index contributed by atoms with van der Waals surface area (Å²) in [6.45, 7) is 16.6. The fourth-order valence-corrected chi connectivity index (χ4v) is 1.12. The molecular formula is C16H34N4O5. The van der Waals surface area contributed by atoms with Crippen molar-refractivity contribution in [1.82, 2.24) is 10.2 Å². The van der Waals surface area contributed by atoms with E-state index in [1.165, 1.54) is 25.8 Å². The second kappa shape index (κ2) is 29.5. The van der Waals surface area contributed by atoms with Crippen LogP contribution in [0.25, 0.3) is 4.85 Å². The van der Waals surface area contributed by atoms with Gasteiger partial charge in [0, 0.05) is 27.4 Å². The number of hydrogen-bond donors (Lipinski definition) is 3. The summed E-state index contributed by atoms with van der Waals surface area (Å²) in [4.78, 5) is 44.2. The van der Waals surface area contributed by atoms with E-state index < -0.39 is 5.97 Å². The van der Waals surface area contributed by atoms with Gasteiger partial charge in [0.2, 0.25) is 18.9 Å². The first-order valence-corrected chi connectivity index (χ1v) is 7.56. The Morgan fingerprint density at radius 1 is 1.32 bits per heavy atom. The molecule has 0 radical (unpaired) electrons. The van der Waals surface area contributed by atoms with Crippen molar-refractivity contribution in [2.75, 3.05) is 27.2 Å². The molecule has 0 aromatic heterocycles. The van der Waals surface area contributed by atoms with E-state index in [-0.39, 0.29) is 17.9 Å². The number of nitrogens with two attached hydrogens (primary N) is 1. The maximum absolute atomic E-state index is 11.1. The fraction of sp³-hybridized carbons (Fsp3) is 0.688. The van der Waals surface area contributed by atoms with E-state index in [2.05, 4.69) is 10.2 Å². The quantitative estimate of drug-likeness (QED) is 0.502. The fourth-order valence-electron chi connectivity index (χ4n) is 1.12. The number of carbonyl (C=O) groups is 4. The summed E-state index contributed by atoms with van der Waals surface area (Å²) < 4.78 is 0. The number of rotatable bonds is 3. The molecule has 0 aliphatic rings. The van der Waals surface area contributed by atoms with Crippen molar-refractivity contribution >= 4 is 24.1 Å². The Labute approximate surface area is 151 Å². The van der Waals surface area contributed by atoms with Crippen LogP contribution in [-0.2, 0) is 19.2 Å². The van der Waals surface area contributed by atoms with Crippen molar-refractivity contribution in [2.24, 2.45) is 5.73 Å². The Morgan fingerprint density at radius 2 is 1.56 bits per heavy atom. The summed E-state index contributed by atoms with van der Waals surface area (Å²) in [6, 6.07) is -0.377. The van der Waals surface area contributed by atoms with Gasteiger partial charge >= 0.3 is 0 Å². The normalized spacial score (nSPS) is 8.32. The number of likely N-dealkylation sites (N-methyl/N-ethyl adjacent to an activating group) is 2. The van der Waals surface area contributed by atoms with Crippen molar-refractivity contribution in [3.63, 3.8) is 0 Å². The van der Waals surface area contributed by atoms with E-state index in [1.54, 1.807) is 14.0 Å². The lowest BCUT2D eigenvalue weighted by Gasteiger charge is -2.25. The van der Waals surface area contributed by atoms with Gasteiger partial charge in [0.15, 0.2) is 0 Å². The largest absolute Gasteiger partial charge is 0.481 e. The summed E-state index contributed by atoms with van der Waals surface area (Å²) in [5, 5.41) is 9.92. The minimum Gasteiger partial charge on any atom is -0.481 e. The third-order valence-corrected chi connectivity index (χ3v) is 1.84. The van der Waals surface area contributed by atoms with Gasteiger partial charge in [-0.05, 0) is 27.3 Å². The average molecular weight is 362 g/mol. The van der Waals surface area contributed by atoms with E-state index in [0.717, 1.165) is 19.8 Å². The molecule has 0 heterocycles. The van der Waals surface area contributed by atoms with Crippen LogP contribution in [0, 0.1) is 6.57 Å². The first-order valence-electron chi connectivity index (χ1n) is 7.56. The van der Waals surface area contributed by atoms with Crippen LogP contribution in [-0.4, -0.2) is 67.3 Å². The molecule has 9 heteroatoms. The zero-order valence-corrected chi connectivity index (χ0v) is 16.6. The molecule has 4 N–H and O–H groups in total. The van der Waals surface area contributed by atoms with Crippen LogP contribution in [0.4, 0.5) is 0 Å². The third kappa shape index (κ3) is 44.9. The van der Waals surface area contributed by atoms with E-state index in [4.69, 9.17) is 27.0 Å². The van der Waals surface area contributed by atoms with Gasteiger partial charge in [-0.1, -0.05) is 6.92 Å². The molecule has 0 saturated carbocycles. The summed E-state index contributed by atoms with van der Waals surface area (Å²) in [5.41, 5.74) is 4.85.